The summed E-state index contributed by atoms with van der Waals surface area (Å²) in [6, 6.07) is 8.03. The Morgan fingerprint density at radius 2 is 2.16 bits per heavy atom. The maximum Gasteiger partial charge on any atom is 0.306 e. The Hall–Kier alpha value is -1.35. The number of hydrogen-bond donors (Lipinski definition) is 1. The maximum atomic E-state index is 11.3. The Labute approximate surface area is 115 Å². The van der Waals surface area contributed by atoms with Crippen LogP contribution in [0.4, 0.5) is 0 Å². The van der Waals surface area contributed by atoms with Crippen LogP contribution in [0.5, 0.6) is 0 Å². The summed E-state index contributed by atoms with van der Waals surface area (Å²) >= 11 is 0. The summed E-state index contributed by atoms with van der Waals surface area (Å²) < 4.78 is 5.45. The van der Waals surface area contributed by atoms with E-state index >= 15 is 0 Å². The molecule has 0 spiro atoms. The largest absolute Gasteiger partial charge is 0.481 e. The van der Waals surface area contributed by atoms with Crippen molar-refractivity contribution in [2.45, 2.75) is 39.5 Å². The number of benzene rings is 1. The van der Waals surface area contributed by atoms with Gasteiger partial charge in [0.15, 0.2) is 0 Å². The van der Waals surface area contributed by atoms with Crippen LogP contribution in [0, 0.1) is 12.8 Å². The lowest BCUT2D eigenvalue weighted by molar-refractivity contribution is -0.142. The van der Waals surface area contributed by atoms with E-state index in [1.165, 1.54) is 5.56 Å². The SMILES string of the molecule is CCCCOCCC(Cc1cccc(C)c1)C(=O)O. The molecular formula is C16H24O3. The fourth-order valence-electron chi connectivity index (χ4n) is 2.01. The van der Waals surface area contributed by atoms with E-state index in [1.807, 2.05) is 31.2 Å². The van der Waals surface area contributed by atoms with Gasteiger partial charge in [-0.1, -0.05) is 43.2 Å². The summed E-state index contributed by atoms with van der Waals surface area (Å²) in [4.78, 5) is 11.3. The topological polar surface area (TPSA) is 46.5 Å². The molecule has 0 radical (unpaired) electrons. The van der Waals surface area contributed by atoms with Gasteiger partial charge in [0.2, 0.25) is 0 Å². The lowest BCUT2D eigenvalue weighted by atomic mass is 9.96. The fourth-order valence-corrected chi connectivity index (χ4v) is 2.01. The number of carbonyl (C=O) groups is 1. The zero-order chi connectivity index (χ0) is 14.1. The normalized spacial score (nSPS) is 12.3. The highest BCUT2D eigenvalue weighted by Gasteiger charge is 2.17. The van der Waals surface area contributed by atoms with E-state index in [0.717, 1.165) is 25.0 Å². The highest BCUT2D eigenvalue weighted by molar-refractivity contribution is 5.70. The Morgan fingerprint density at radius 1 is 1.37 bits per heavy atom. The zero-order valence-corrected chi connectivity index (χ0v) is 11.9. The van der Waals surface area contributed by atoms with Gasteiger partial charge in [0, 0.05) is 13.2 Å². The number of carboxylic acids is 1. The molecule has 0 fully saturated rings. The quantitative estimate of drug-likeness (QED) is 0.695. The van der Waals surface area contributed by atoms with Crippen LogP contribution in [0.25, 0.3) is 0 Å². The average Bonchev–Trinajstić information content (AvgIpc) is 2.37. The molecular weight excluding hydrogens is 240 g/mol. The minimum absolute atomic E-state index is 0.358. The predicted molar refractivity (Wildman–Crippen MR) is 76.4 cm³/mol. The number of unbranched alkanes of at least 4 members (excludes halogenated alkanes) is 1. The third-order valence-corrected chi connectivity index (χ3v) is 3.17. The number of aryl methyl sites for hydroxylation is 1. The molecule has 0 heterocycles. The van der Waals surface area contributed by atoms with Gasteiger partial charge < -0.3 is 9.84 Å². The molecule has 1 N–H and O–H groups in total. The molecule has 0 aliphatic carbocycles. The molecule has 0 saturated carbocycles. The Morgan fingerprint density at radius 3 is 2.79 bits per heavy atom. The molecule has 3 heteroatoms. The molecule has 1 unspecified atom stereocenters. The van der Waals surface area contributed by atoms with Gasteiger partial charge in [-0.25, -0.2) is 0 Å². The molecule has 1 aromatic rings. The summed E-state index contributed by atoms with van der Waals surface area (Å²) in [5, 5.41) is 9.25. The van der Waals surface area contributed by atoms with Crippen molar-refractivity contribution < 1.29 is 14.6 Å². The van der Waals surface area contributed by atoms with Crippen LogP contribution in [0.1, 0.15) is 37.3 Å². The highest BCUT2D eigenvalue weighted by atomic mass is 16.5. The lowest BCUT2D eigenvalue weighted by Gasteiger charge is -2.13. The fraction of sp³-hybridized carbons (Fsp3) is 0.562. The first-order valence-electron chi connectivity index (χ1n) is 6.99. The van der Waals surface area contributed by atoms with Crippen LogP contribution in [-0.4, -0.2) is 24.3 Å². The van der Waals surface area contributed by atoms with E-state index < -0.39 is 5.97 Å². The van der Waals surface area contributed by atoms with Crippen molar-refractivity contribution in [3.8, 4) is 0 Å². The van der Waals surface area contributed by atoms with Crippen LogP contribution in [0.3, 0.4) is 0 Å². The monoisotopic (exact) mass is 264 g/mol. The second-order valence-electron chi connectivity index (χ2n) is 4.98. The first-order valence-corrected chi connectivity index (χ1v) is 6.99. The van der Waals surface area contributed by atoms with Gasteiger partial charge in [0.25, 0.3) is 0 Å². The van der Waals surface area contributed by atoms with Crippen molar-refractivity contribution in [2.24, 2.45) is 5.92 Å². The molecule has 3 nitrogen and oxygen atoms in total. The molecule has 19 heavy (non-hydrogen) atoms. The van der Waals surface area contributed by atoms with Gasteiger partial charge in [0.05, 0.1) is 5.92 Å². The Balaban J connectivity index is 2.42. The minimum atomic E-state index is -0.736. The standard InChI is InChI=1S/C16H24O3/c1-3-4-9-19-10-8-15(16(17)18)12-14-7-5-6-13(2)11-14/h5-7,11,15H,3-4,8-10,12H2,1-2H3,(H,17,18). The average molecular weight is 264 g/mol. The van der Waals surface area contributed by atoms with Gasteiger partial charge in [-0.15, -0.1) is 0 Å². The van der Waals surface area contributed by atoms with Crippen LogP contribution in [0.15, 0.2) is 24.3 Å². The lowest BCUT2D eigenvalue weighted by Crippen LogP contribution is -2.19. The maximum absolute atomic E-state index is 11.3. The first kappa shape index (κ1) is 15.7. The van der Waals surface area contributed by atoms with Crippen LogP contribution < -0.4 is 0 Å². The third-order valence-electron chi connectivity index (χ3n) is 3.17. The summed E-state index contributed by atoms with van der Waals surface area (Å²) in [5.74, 6) is -1.09. The number of aliphatic carboxylic acids is 1. The van der Waals surface area contributed by atoms with E-state index in [4.69, 9.17) is 4.74 Å². The molecule has 0 aliphatic rings. The summed E-state index contributed by atoms with van der Waals surface area (Å²) in [5.41, 5.74) is 2.25. The van der Waals surface area contributed by atoms with Gasteiger partial charge in [-0.2, -0.15) is 0 Å². The molecule has 0 saturated heterocycles. The molecule has 1 rings (SSSR count). The van der Waals surface area contributed by atoms with E-state index in [-0.39, 0.29) is 5.92 Å². The molecule has 0 amide bonds. The van der Waals surface area contributed by atoms with E-state index in [9.17, 15) is 9.90 Å². The van der Waals surface area contributed by atoms with Crippen molar-refractivity contribution in [3.63, 3.8) is 0 Å². The van der Waals surface area contributed by atoms with Gasteiger partial charge in [-0.05, 0) is 31.7 Å². The first-order chi connectivity index (χ1) is 9.13. The van der Waals surface area contributed by atoms with Crippen molar-refractivity contribution >= 4 is 5.97 Å². The number of rotatable bonds is 9. The van der Waals surface area contributed by atoms with Crippen molar-refractivity contribution in [2.75, 3.05) is 13.2 Å². The Kier molecular flexibility index (Phi) is 7.19. The van der Waals surface area contributed by atoms with Crippen molar-refractivity contribution in [1.29, 1.82) is 0 Å². The van der Waals surface area contributed by atoms with Crippen molar-refractivity contribution in [1.82, 2.24) is 0 Å². The Bertz CT molecular complexity index is 387. The van der Waals surface area contributed by atoms with Crippen LogP contribution >= 0.6 is 0 Å². The summed E-state index contributed by atoms with van der Waals surface area (Å²) in [7, 11) is 0. The van der Waals surface area contributed by atoms with Gasteiger partial charge in [-0.3, -0.25) is 4.79 Å². The number of ether oxygens (including phenoxy) is 1. The zero-order valence-electron chi connectivity index (χ0n) is 11.9. The van der Waals surface area contributed by atoms with E-state index in [2.05, 4.69) is 6.92 Å². The summed E-state index contributed by atoms with van der Waals surface area (Å²) in [6.45, 7) is 5.39. The second-order valence-corrected chi connectivity index (χ2v) is 4.98. The molecule has 0 bridgehead atoms. The summed E-state index contributed by atoms with van der Waals surface area (Å²) in [6.07, 6.45) is 3.29. The molecule has 1 atom stereocenters. The van der Waals surface area contributed by atoms with Crippen LogP contribution in [0.2, 0.25) is 0 Å². The van der Waals surface area contributed by atoms with Gasteiger partial charge in [0.1, 0.15) is 0 Å². The van der Waals surface area contributed by atoms with E-state index in [1.54, 1.807) is 0 Å². The minimum Gasteiger partial charge on any atom is -0.481 e. The molecule has 0 aromatic heterocycles. The molecule has 106 valence electrons. The molecule has 1 aromatic carbocycles. The highest BCUT2D eigenvalue weighted by Crippen LogP contribution is 2.14. The number of carboxylic acid groups (broad SMARTS) is 1. The van der Waals surface area contributed by atoms with Gasteiger partial charge >= 0.3 is 5.97 Å². The predicted octanol–water partition coefficient (Wildman–Crippen LogP) is 3.45. The van der Waals surface area contributed by atoms with Crippen LogP contribution in [-0.2, 0) is 16.0 Å². The molecule has 0 aliphatic heterocycles. The van der Waals surface area contributed by atoms with Crippen molar-refractivity contribution in [3.05, 3.63) is 35.4 Å². The van der Waals surface area contributed by atoms with E-state index in [0.29, 0.717) is 19.4 Å². The number of hydrogen-bond acceptors (Lipinski definition) is 2. The third kappa shape index (κ3) is 6.39. The second kappa shape index (κ2) is 8.70. The smallest absolute Gasteiger partial charge is 0.306 e.